The molecule has 0 bridgehead atoms. The predicted octanol–water partition coefficient (Wildman–Crippen LogP) is 1.65. The van der Waals surface area contributed by atoms with E-state index in [9.17, 15) is 4.21 Å². The summed E-state index contributed by atoms with van der Waals surface area (Å²) in [5, 5.41) is 1.34. The Morgan fingerprint density at radius 1 is 1.58 bits per heavy atom. The Balaban J connectivity index is 1.95. The van der Waals surface area contributed by atoms with Gasteiger partial charge in [-0.1, -0.05) is 6.92 Å². The Morgan fingerprint density at radius 3 is 3.00 bits per heavy atom. The second-order valence-corrected chi connectivity index (χ2v) is 7.39. The number of thioether (sulfide) groups is 1. The van der Waals surface area contributed by atoms with Crippen LogP contribution in [-0.2, 0) is 10.8 Å². The number of rotatable bonds is 0. The van der Waals surface area contributed by atoms with Gasteiger partial charge >= 0.3 is 0 Å². The van der Waals surface area contributed by atoms with Gasteiger partial charge in [-0.2, -0.15) is 11.8 Å². The average molecular weight is 202 g/mol. The van der Waals surface area contributed by atoms with Gasteiger partial charge in [-0.15, -0.1) is 0 Å². The molecule has 1 aliphatic carbocycles. The van der Waals surface area contributed by atoms with Gasteiger partial charge in [-0.25, -0.2) is 0 Å². The van der Waals surface area contributed by atoms with Crippen LogP contribution in [0.25, 0.3) is 0 Å². The van der Waals surface area contributed by atoms with Gasteiger partial charge < -0.3 is 0 Å². The van der Waals surface area contributed by atoms with Gasteiger partial charge in [-0.3, -0.25) is 4.21 Å². The van der Waals surface area contributed by atoms with Gasteiger partial charge in [0.05, 0.1) is 0 Å². The van der Waals surface area contributed by atoms with E-state index in [-0.39, 0.29) is 0 Å². The van der Waals surface area contributed by atoms with Gasteiger partial charge in [0.25, 0.3) is 0 Å². The van der Waals surface area contributed by atoms with Gasteiger partial charge in [0.2, 0.25) is 0 Å². The minimum Gasteiger partial charge on any atom is -0.259 e. The van der Waals surface area contributed by atoms with Crippen molar-refractivity contribution in [3.8, 4) is 0 Å². The van der Waals surface area contributed by atoms with Crippen molar-refractivity contribution in [3.63, 3.8) is 0 Å². The van der Waals surface area contributed by atoms with Gasteiger partial charge in [0, 0.05) is 27.1 Å². The van der Waals surface area contributed by atoms with E-state index in [2.05, 4.69) is 18.7 Å². The molecule has 68 valence electrons. The smallest absolute Gasteiger partial charge is 0.0480 e. The third kappa shape index (κ3) is 0.796. The van der Waals surface area contributed by atoms with Crippen LogP contribution in [0.2, 0.25) is 0 Å². The van der Waals surface area contributed by atoms with Crippen LogP contribution in [-0.4, -0.2) is 26.2 Å². The normalized spacial score (nSPS) is 62.4. The molecule has 2 heterocycles. The quantitative estimate of drug-likeness (QED) is 0.594. The van der Waals surface area contributed by atoms with Crippen molar-refractivity contribution in [2.45, 2.75) is 30.3 Å². The molecular weight excluding hydrogens is 188 g/mol. The third-order valence-electron chi connectivity index (χ3n) is 3.86. The Hall–Kier alpha value is 0.500. The van der Waals surface area contributed by atoms with Crippen molar-refractivity contribution < 1.29 is 4.21 Å². The second-order valence-electron chi connectivity index (χ2n) is 4.48. The second kappa shape index (κ2) is 2.30. The number of hydrogen-bond donors (Lipinski definition) is 0. The molecule has 0 aromatic heterocycles. The van der Waals surface area contributed by atoms with E-state index in [4.69, 9.17) is 0 Å². The Bertz CT molecular complexity index is 253. The first-order valence-corrected chi connectivity index (χ1v) is 7.16. The lowest BCUT2D eigenvalue weighted by Crippen LogP contribution is -2.20. The van der Waals surface area contributed by atoms with Gasteiger partial charge in [0.1, 0.15) is 0 Å². The molecule has 5 unspecified atom stereocenters. The van der Waals surface area contributed by atoms with Gasteiger partial charge in [0.15, 0.2) is 0 Å². The lowest BCUT2D eigenvalue weighted by molar-refractivity contribution is 0.524. The van der Waals surface area contributed by atoms with Crippen LogP contribution in [0.5, 0.6) is 0 Å². The third-order valence-corrected chi connectivity index (χ3v) is 7.67. The van der Waals surface area contributed by atoms with E-state index in [1.807, 2.05) is 0 Å². The Morgan fingerprint density at radius 2 is 2.33 bits per heavy atom. The zero-order chi connectivity index (χ0) is 8.34. The largest absolute Gasteiger partial charge is 0.259 e. The van der Waals surface area contributed by atoms with E-state index in [1.165, 1.54) is 18.6 Å². The summed E-state index contributed by atoms with van der Waals surface area (Å²) < 4.78 is 11.8. The Labute approximate surface area is 80.1 Å². The molecule has 2 aliphatic heterocycles. The highest BCUT2D eigenvalue weighted by atomic mass is 32.2. The zero-order valence-electron chi connectivity index (χ0n) is 7.29. The minimum absolute atomic E-state index is 0.477. The SMILES string of the molecule is CC1CC12CS(=O)C1CCSC12. The maximum atomic E-state index is 11.8. The Kier molecular flexibility index (Phi) is 1.50. The van der Waals surface area contributed by atoms with E-state index >= 15 is 0 Å². The minimum atomic E-state index is -0.477. The van der Waals surface area contributed by atoms with Crippen LogP contribution in [0.3, 0.4) is 0 Å². The van der Waals surface area contributed by atoms with Crippen molar-refractivity contribution >= 4 is 22.6 Å². The highest BCUT2D eigenvalue weighted by Crippen LogP contribution is 2.65. The first-order chi connectivity index (χ1) is 5.74. The fourth-order valence-electron chi connectivity index (χ4n) is 2.94. The summed E-state index contributed by atoms with van der Waals surface area (Å²) in [7, 11) is -0.477. The monoisotopic (exact) mass is 202 g/mol. The van der Waals surface area contributed by atoms with Crippen LogP contribution in [0.15, 0.2) is 0 Å². The summed E-state index contributed by atoms with van der Waals surface area (Å²) in [6.07, 6.45) is 2.57. The van der Waals surface area contributed by atoms with Crippen molar-refractivity contribution in [1.82, 2.24) is 0 Å². The van der Waals surface area contributed by atoms with E-state index < -0.39 is 10.8 Å². The molecule has 3 aliphatic rings. The fraction of sp³-hybridized carbons (Fsp3) is 1.00. The summed E-state index contributed by atoms with van der Waals surface area (Å²) in [6.45, 7) is 2.33. The molecule has 0 aromatic rings. The molecule has 1 nitrogen and oxygen atoms in total. The molecule has 5 atom stereocenters. The van der Waals surface area contributed by atoms with E-state index in [0.717, 1.165) is 16.9 Å². The molecule has 3 rings (SSSR count). The first kappa shape index (κ1) is 7.86. The summed E-state index contributed by atoms with van der Waals surface area (Å²) in [4.78, 5) is 0. The number of hydrogen-bond acceptors (Lipinski definition) is 2. The molecule has 2 saturated heterocycles. The van der Waals surface area contributed by atoms with Crippen LogP contribution >= 0.6 is 11.8 Å². The van der Waals surface area contributed by atoms with Crippen LogP contribution in [0, 0.1) is 11.3 Å². The standard InChI is InChI=1S/C9H14OS2/c1-6-4-9(6)5-12(10)7-2-3-11-8(7)9/h6-8H,2-5H2,1H3. The first-order valence-electron chi connectivity index (χ1n) is 4.73. The maximum absolute atomic E-state index is 11.8. The molecule has 1 saturated carbocycles. The van der Waals surface area contributed by atoms with Crippen LogP contribution in [0.4, 0.5) is 0 Å². The van der Waals surface area contributed by atoms with E-state index in [1.54, 1.807) is 0 Å². The van der Waals surface area contributed by atoms with Crippen molar-refractivity contribution in [2.75, 3.05) is 11.5 Å². The molecule has 1 spiro atoms. The molecule has 0 amide bonds. The summed E-state index contributed by atoms with van der Waals surface area (Å²) in [5.74, 6) is 3.15. The molecule has 3 heteroatoms. The molecule has 12 heavy (non-hydrogen) atoms. The predicted molar refractivity (Wildman–Crippen MR) is 53.9 cm³/mol. The van der Waals surface area contributed by atoms with Crippen molar-refractivity contribution in [1.29, 1.82) is 0 Å². The zero-order valence-corrected chi connectivity index (χ0v) is 8.92. The average Bonchev–Trinajstić information content (AvgIpc) is 2.52. The fourth-order valence-corrected chi connectivity index (χ4v) is 7.79. The molecule has 0 N–H and O–H groups in total. The molecule has 0 aromatic carbocycles. The van der Waals surface area contributed by atoms with Crippen LogP contribution in [0.1, 0.15) is 19.8 Å². The van der Waals surface area contributed by atoms with Crippen molar-refractivity contribution in [2.24, 2.45) is 11.3 Å². The molecular formula is C9H14OS2. The van der Waals surface area contributed by atoms with Crippen molar-refractivity contribution in [3.05, 3.63) is 0 Å². The maximum Gasteiger partial charge on any atom is 0.0480 e. The highest BCUT2D eigenvalue weighted by Gasteiger charge is 2.65. The molecule has 0 radical (unpaired) electrons. The lowest BCUT2D eigenvalue weighted by atomic mass is 9.99. The number of fused-ring (bicyclic) bond motifs is 2. The molecule has 3 fully saturated rings. The summed E-state index contributed by atoms with van der Waals surface area (Å²) in [6, 6.07) is 0. The van der Waals surface area contributed by atoms with E-state index in [0.29, 0.717) is 10.7 Å². The highest BCUT2D eigenvalue weighted by molar-refractivity contribution is 8.02. The van der Waals surface area contributed by atoms with Gasteiger partial charge in [-0.05, 0) is 29.9 Å². The lowest BCUT2D eigenvalue weighted by Gasteiger charge is -2.14. The summed E-state index contributed by atoms with van der Waals surface area (Å²) in [5.41, 5.74) is 0.538. The van der Waals surface area contributed by atoms with Crippen LogP contribution < -0.4 is 0 Å². The topological polar surface area (TPSA) is 17.1 Å². The summed E-state index contributed by atoms with van der Waals surface area (Å²) >= 11 is 2.10.